The zero-order chi connectivity index (χ0) is 16.3. The van der Waals surface area contributed by atoms with Crippen LogP contribution >= 0.6 is 0 Å². The Bertz CT molecular complexity index is 563. The van der Waals surface area contributed by atoms with E-state index >= 15 is 0 Å². The average molecular weight is 318 g/mol. The van der Waals surface area contributed by atoms with E-state index in [0.29, 0.717) is 12.8 Å². The highest BCUT2D eigenvalue weighted by molar-refractivity contribution is 5.84. The molecule has 2 heterocycles. The average Bonchev–Trinajstić information content (AvgIpc) is 2.53. The van der Waals surface area contributed by atoms with E-state index in [-0.39, 0.29) is 18.7 Å². The molecule has 2 aliphatic heterocycles. The maximum atomic E-state index is 12.1. The van der Waals surface area contributed by atoms with E-state index in [1.807, 2.05) is 30.3 Å². The molecule has 1 amide bonds. The van der Waals surface area contributed by atoms with E-state index in [4.69, 9.17) is 4.74 Å². The number of alkyl carbamates (subject to hydrolysis) is 1. The number of hydrogen-bond acceptors (Lipinski definition) is 4. The summed E-state index contributed by atoms with van der Waals surface area (Å²) in [5.41, 5.74) is -0.358. The third-order valence-corrected chi connectivity index (χ3v) is 4.73. The van der Waals surface area contributed by atoms with Crippen LogP contribution in [0.3, 0.4) is 0 Å². The van der Waals surface area contributed by atoms with Crippen molar-refractivity contribution in [2.45, 2.75) is 56.3 Å². The van der Waals surface area contributed by atoms with Crippen LogP contribution < -0.4 is 10.6 Å². The maximum Gasteiger partial charge on any atom is 0.408 e. The minimum absolute atomic E-state index is 0.132. The zero-order valence-electron chi connectivity index (χ0n) is 13.0. The lowest BCUT2D eigenvalue weighted by atomic mass is 9.75. The van der Waals surface area contributed by atoms with Gasteiger partial charge in [-0.2, -0.15) is 0 Å². The molecule has 23 heavy (non-hydrogen) atoms. The number of aliphatic carboxylic acids is 1. The Morgan fingerprint density at radius 3 is 2.48 bits per heavy atom. The van der Waals surface area contributed by atoms with Crippen LogP contribution in [0.25, 0.3) is 0 Å². The Labute approximate surface area is 135 Å². The van der Waals surface area contributed by atoms with Gasteiger partial charge in [-0.1, -0.05) is 36.8 Å². The predicted molar refractivity (Wildman–Crippen MR) is 83.9 cm³/mol. The Morgan fingerprint density at radius 1 is 1.22 bits per heavy atom. The van der Waals surface area contributed by atoms with Gasteiger partial charge in [0.1, 0.15) is 12.1 Å². The number of ether oxygens (including phenoxy) is 1. The van der Waals surface area contributed by atoms with Gasteiger partial charge in [-0.3, -0.25) is 0 Å². The van der Waals surface area contributed by atoms with Gasteiger partial charge in [-0.15, -0.1) is 0 Å². The summed E-state index contributed by atoms with van der Waals surface area (Å²) in [6.45, 7) is 0.132. The topological polar surface area (TPSA) is 87.7 Å². The van der Waals surface area contributed by atoms with E-state index in [1.54, 1.807) is 0 Å². The molecule has 2 unspecified atom stereocenters. The predicted octanol–water partition coefficient (Wildman–Crippen LogP) is 2.04. The molecule has 3 N–H and O–H groups in total. The van der Waals surface area contributed by atoms with Gasteiger partial charge < -0.3 is 20.5 Å². The highest BCUT2D eigenvalue weighted by Crippen LogP contribution is 2.33. The summed E-state index contributed by atoms with van der Waals surface area (Å²) in [6.07, 6.45) is 3.14. The second-order valence-electron chi connectivity index (χ2n) is 6.47. The van der Waals surface area contributed by atoms with Gasteiger partial charge in [0.05, 0.1) is 0 Å². The number of carboxylic acid groups (broad SMARTS) is 1. The van der Waals surface area contributed by atoms with E-state index in [9.17, 15) is 14.7 Å². The van der Waals surface area contributed by atoms with Crippen molar-refractivity contribution >= 4 is 12.1 Å². The van der Waals surface area contributed by atoms with Gasteiger partial charge in [0.2, 0.25) is 0 Å². The number of benzene rings is 1. The van der Waals surface area contributed by atoms with Gasteiger partial charge in [0.25, 0.3) is 0 Å². The van der Waals surface area contributed by atoms with Crippen LogP contribution in [-0.2, 0) is 16.1 Å². The van der Waals surface area contributed by atoms with Crippen molar-refractivity contribution in [1.82, 2.24) is 10.6 Å². The van der Waals surface area contributed by atoms with Crippen molar-refractivity contribution < 1.29 is 19.4 Å². The number of amides is 1. The van der Waals surface area contributed by atoms with Crippen molar-refractivity contribution in [1.29, 1.82) is 0 Å². The summed E-state index contributed by atoms with van der Waals surface area (Å²) < 4.78 is 5.19. The normalized spacial score (nSPS) is 29.6. The molecule has 2 fully saturated rings. The minimum Gasteiger partial charge on any atom is -0.480 e. The Balaban J connectivity index is 1.63. The number of piperidine rings is 2. The Kier molecular flexibility index (Phi) is 4.52. The fourth-order valence-electron chi connectivity index (χ4n) is 3.64. The number of carbonyl (C=O) groups is 2. The Hall–Kier alpha value is -2.08. The number of rotatable bonds is 4. The van der Waals surface area contributed by atoms with E-state index in [2.05, 4.69) is 10.6 Å². The molecular formula is C17H22N2O4. The molecule has 1 aromatic carbocycles. The smallest absolute Gasteiger partial charge is 0.408 e. The van der Waals surface area contributed by atoms with Crippen LogP contribution in [0, 0.1) is 0 Å². The minimum atomic E-state index is -1.23. The van der Waals surface area contributed by atoms with Gasteiger partial charge in [-0.25, -0.2) is 9.59 Å². The summed E-state index contributed by atoms with van der Waals surface area (Å²) >= 11 is 0. The fourth-order valence-corrected chi connectivity index (χ4v) is 3.64. The number of hydrogen-bond donors (Lipinski definition) is 3. The molecule has 3 rings (SSSR count). The quantitative estimate of drug-likeness (QED) is 0.791. The van der Waals surface area contributed by atoms with Crippen LogP contribution in [-0.4, -0.2) is 34.8 Å². The molecule has 6 nitrogen and oxygen atoms in total. The first kappa shape index (κ1) is 15.8. The summed E-state index contributed by atoms with van der Waals surface area (Å²) in [5.74, 6) is -0.979. The molecule has 0 aromatic heterocycles. The zero-order valence-corrected chi connectivity index (χ0v) is 13.0. The largest absolute Gasteiger partial charge is 0.480 e. The molecule has 2 aliphatic rings. The molecule has 0 radical (unpaired) electrons. The van der Waals surface area contributed by atoms with Crippen molar-refractivity contribution in [3.05, 3.63) is 35.9 Å². The van der Waals surface area contributed by atoms with Gasteiger partial charge >= 0.3 is 12.1 Å². The molecule has 124 valence electrons. The summed E-state index contributed by atoms with van der Waals surface area (Å²) in [5, 5.41) is 15.7. The van der Waals surface area contributed by atoms with Crippen LogP contribution in [0.4, 0.5) is 4.79 Å². The van der Waals surface area contributed by atoms with Gasteiger partial charge in [0, 0.05) is 12.1 Å². The van der Waals surface area contributed by atoms with Crippen molar-refractivity contribution in [3.63, 3.8) is 0 Å². The molecule has 2 bridgehead atoms. The molecule has 6 heteroatoms. The monoisotopic (exact) mass is 318 g/mol. The van der Waals surface area contributed by atoms with E-state index in [1.165, 1.54) is 0 Å². The first-order chi connectivity index (χ1) is 11.1. The molecule has 1 aromatic rings. The lowest BCUT2D eigenvalue weighted by Crippen LogP contribution is -2.65. The van der Waals surface area contributed by atoms with Crippen LogP contribution in [0.5, 0.6) is 0 Å². The van der Waals surface area contributed by atoms with Crippen molar-refractivity contribution in [2.75, 3.05) is 0 Å². The van der Waals surface area contributed by atoms with Crippen LogP contribution in [0.2, 0.25) is 0 Å². The van der Waals surface area contributed by atoms with Crippen molar-refractivity contribution in [2.24, 2.45) is 0 Å². The molecular weight excluding hydrogens is 296 g/mol. The summed E-state index contributed by atoms with van der Waals surface area (Å²) in [4.78, 5) is 23.9. The first-order valence-corrected chi connectivity index (χ1v) is 8.06. The number of carboxylic acids is 1. The number of fused-ring (bicyclic) bond motifs is 2. The number of nitrogens with one attached hydrogen (secondary N) is 2. The summed E-state index contributed by atoms with van der Waals surface area (Å²) in [7, 11) is 0. The standard InChI is InChI=1S/C17H22N2O4/c20-15(21)17(9-13-7-4-8-14(10-17)18-13)19-16(22)23-11-12-5-2-1-3-6-12/h1-3,5-6,13-14,18H,4,7-11H2,(H,19,22)(H,20,21). The molecule has 0 spiro atoms. The third-order valence-electron chi connectivity index (χ3n) is 4.73. The third kappa shape index (κ3) is 3.64. The molecule has 2 saturated heterocycles. The summed E-state index contributed by atoms with van der Waals surface area (Å²) in [6, 6.07) is 9.62. The fraction of sp³-hybridized carbons (Fsp3) is 0.529. The molecule has 2 atom stereocenters. The highest BCUT2D eigenvalue weighted by Gasteiger charge is 2.48. The molecule has 0 saturated carbocycles. The second-order valence-corrected chi connectivity index (χ2v) is 6.47. The maximum absolute atomic E-state index is 12.1. The SMILES string of the molecule is O=C(NC1(C(=O)O)CC2CCCC(C1)N2)OCc1ccccc1. The van der Waals surface area contributed by atoms with Crippen molar-refractivity contribution in [3.8, 4) is 0 Å². The lowest BCUT2D eigenvalue weighted by molar-refractivity contribution is -0.147. The van der Waals surface area contributed by atoms with E-state index in [0.717, 1.165) is 24.8 Å². The molecule has 0 aliphatic carbocycles. The second kappa shape index (κ2) is 6.58. The highest BCUT2D eigenvalue weighted by atomic mass is 16.5. The Morgan fingerprint density at radius 2 is 1.87 bits per heavy atom. The van der Waals surface area contributed by atoms with Crippen LogP contribution in [0.1, 0.15) is 37.7 Å². The van der Waals surface area contributed by atoms with Gasteiger partial charge in [-0.05, 0) is 31.2 Å². The van der Waals surface area contributed by atoms with E-state index < -0.39 is 17.6 Å². The van der Waals surface area contributed by atoms with Crippen LogP contribution in [0.15, 0.2) is 30.3 Å². The lowest BCUT2D eigenvalue weighted by Gasteiger charge is -2.45. The number of carbonyl (C=O) groups excluding carboxylic acids is 1. The van der Waals surface area contributed by atoms with Gasteiger partial charge in [0.15, 0.2) is 0 Å². The first-order valence-electron chi connectivity index (χ1n) is 8.06.